The highest BCUT2D eigenvalue weighted by Gasteiger charge is 2.24. The highest BCUT2D eigenvalue weighted by molar-refractivity contribution is 5.73. The lowest BCUT2D eigenvalue weighted by Gasteiger charge is -2.26. The van der Waals surface area contributed by atoms with E-state index >= 15 is 0 Å². The van der Waals surface area contributed by atoms with Crippen LogP contribution in [0, 0.1) is 0 Å². The van der Waals surface area contributed by atoms with Crippen LogP contribution in [0.2, 0.25) is 0 Å². The molecule has 1 N–H and O–H groups in total. The van der Waals surface area contributed by atoms with Crippen LogP contribution in [-0.4, -0.2) is 28.6 Å². The van der Waals surface area contributed by atoms with Crippen LogP contribution in [0.25, 0.3) is 0 Å². The van der Waals surface area contributed by atoms with Crippen molar-refractivity contribution in [2.24, 2.45) is 0 Å². The SMILES string of the molecule is CCCCC(C(=O)O)N(CC)Cc1ccco1. The van der Waals surface area contributed by atoms with Crippen LogP contribution < -0.4 is 0 Å². The van der Waals surface area contributed by atoms with Gasteiger partial charge in [0.1, 0.15) is 11.8 Å². The van der Waals surface area contributed by atoms with Gasteiger partial charge in [-0.05, 0) is 25.1 Å². The Morgan fingerprint density at radius 2 is 2.29 bits per heavy atom. The van der Waals surface area contributed by atoms with Crippen LogP contribution in [-0.2, 0) is 11.3 Å². The van der Waals surface area contributed by atoms with Crippen molar-refractivity contribution in [3.05, 3.63) is 24.2 Å². The first-order chi connectivity index (χ1) is 8.19. The molecule has 1 unspecified atom stereocenters. The van der Waals surface area contributed by atoms with Gasteiger partial charge in [-0.15, -0.1) is 0 Å². The molecule has 0 bridgehead atoms. The molecule has 1 aromatic heterocycles. The molecule has 4 nitrogen and oxygen atoms in total. The molecule has 1 atom stereocenters. The Balaban J connectivity index is 2.64. The molecule has 1 heterocycles. The third kappa shape index (κ3) is 4.23. The van der Waals surface area contributed by atoms with E-state index in [4.69, 9.17) is 4.42 Å². The largest absolute Gasteiger partial charge is 0.480 e. The fraction of sp³-hybridized carbons (Fsp3) is 0.615. The number of carboxylic acids is 1. The minimum Gasteiger partial charge on any atom is -0.480 e. The maximum atomic E-state index is 11.3. The fourth-order valence-corrected chi connectivity index (χ4v) is 1.90. The lowest BCUT2D eigenvalue weighted by molar-refractivity contribution is -0.143. The van der Waals surface area contributed by atoms with Crippen LogP contribution in [0.3, 0.4) is 0 Å². The van der Waals surface area contributed by atoms with Gasteiger partial charge in [-0.3, -0.25) is 9.69 Å². The quantitative estimate of drug-likeness (QED) is 0.758. The molecule has 0 spiro atoms. The van der Waals surface area contributed by atoms with Crippen molar-refractivity contribution in [1.82, 2.24) is 4.90 Å². The number of furan rings is 1. The van der Waals surface area contributed by atoms with Gasteiger partial charge in [-0.25, -0.2) is 0 Å². The molecule has 96 valence electrons. The lowest BCUT2D eigenvalue weighted by atomic mass is 10.1. The predicted molar refractivity (Wildman–Crippen MR) is 65.7 cm³/mol. The highest BCUT2D eigenvalue weighted by atomic mass is 16.4. The number of hydrogen-bond acceptors (Lipinski definition) is 3. The molecule has 1 aromatic rings. The molecule has 0 aliphatic carbocycles. The predicted octanol–water partition coefficient (Wildman–Crippen LogP) is 2.74. The number of likely N-dealkylation sites (N-methyl/N-ethyl adjacent to an activating group) is 1. The van der Waals surface area contributed by atoms with Crippen LogP contribution in [0.4, 0.5) is 0 Å². The zero-order valence-corrected chi connectivity index (χ0v) is 10.6. The third-order valence-corrected chi connectivity index (χ3v) is 2.90. The maximum absolute atomic E-state index is 11.3. The monoisotopic (exact) mass is 239 g/mol. The normalized spacial score (nSPS) is 12.9. The first-order valence-corrected chi connectivity index (χ1v) is 6.18. The van der Waals surface area contributed by atoms with Gasteiger partial charge in [-0.1, -0.05) is 26.7 Å². The van der Waals surface area contributed by atoms with Gasteiger partial charge >= 0.3 is 5.97 Å². The summed E-state index contributed by atoms with van der Waals surface area (Å²) in [5.74, 6) is 0.0708. The summed E-state index contributed by atoms with van der Waals surface area (Å²) in [6, 6.07) is 3.29. The van der Waals surface area contributed by atoms with E-state index in [1.807, 2.05) is 24.0 Å². The van der Waals surface area contributed by atoms with Crippen LogP contribution in [0.1, 0.15) is 38.9 Å². The number of carbonyl (C=O) groups is 1. The summed E-state index contributed by atoms with van der Waals surface area (Å²) in [5.41, 5.74) is 0. The Morgan fingerprint density at radius 3 is 2.76 bits per heavy atom. The summed E-state index contributed by atoms with van der Waals surface area (Å²) in [6.45, 7) is 5.32. The second kappa shape index (κ2) is 7.12. The van der Waals surface area contributed by atoms with Gasteiger partial charge in [-0.2, -0.15) is 0 Å². The first-order valence-electron chi connectivity index (χ1n) is 6.18. The zero-order valence-electron chi connectivity index (χ0n) is 10.6. The van der Waals surface area contributed by atoms with Gasteiger partial charge in [0.25, 0.3) is 0 Å². The molecular weight excluding hydrogens is 218 g/mol. The van der Waals surface area contributed by atoms with Gasteiger partial charge in [0.15, 0.2) is 0 Å². The molecule has 0 saturated carbocycles. The number of rotatable bonds is 8. The summed E-state index contributed by atoms with van der Waals surface area (Å²) >= 11 is 0. The van der Waals surface area contributed by atoms with Crippen molar-refractivity contribution in [1.29, 1.82) is 0 Å². The van der Waals surface area contributed by atoms with Crippen molar-refractivity contribution in [2.45, 2.75) is 45.7 Å². The second-order valence-electron chi connectivity index (χ2n) is 4.14. The number of nitrogens with zero attached hydrogens (tertiary/aromatic N) is 1. The van der Waals surface area contributed by atoms with Crippen LogP contribution in [0.5, 0.6) is 0 Å². The molecule has 0 saturated heterocycles. The number of unbranched alkanes of at least 4 members (excludes halogenated alkanes) is 1. The third-order valence-electron chi connectivity index (χ3n) is 2.90. The van der Waals surface area contributed by atoms with Gasteiger partial charge in [0.05, 0.1) is 12.8 Å². The minimum atomic E-state index is -0.744. The summed E-state index contributed by atoms with van der Waals surface area (Å²) < 4.78 is 5.27. The van der Waals surface area contributed by atoms with Crippen molar-refractivity contribution in [2.75, 3.05) is 6.54 Å². The Hall–Kier alpha value is -1.29. The summed E-state index contributed by atoms with van der Waals surface area (Å²) in [4.78, 5) is 13.2. The molecule has 0 radical (unpaired) electrons. The van der Waals surface area contributed by atoms with Gasteiger partial charge in [0, 0.05) is 0 Å². The molecule has 0 aromatic carbocycles. The van der Waals surface area contributed by atoms with Crippen molar-refractivity contribution in [3.8, 4) is 0 Å². The van der Waals surface area contributed by atoms with E-state index in [0.717, 1.165) is 18.6 Å². The smallest absolute Gasteiger partial charge is 0.320 e. The van der Waals surface area contributed by atoms with Gasteiger partial charge < -0.3 is 9.52 Å². The molecule has 0 aliphatic rings. The van der Waals surface area contributed by atoms with E-state index < -0.39 is 12.0 Å². The van der Waals surface area contributed by atoms with E-state index in [9.17, 15) is 9.90 Å². The Kier molecular flexibility index (Phi) is 5.77. The maximum Gasteiger partial charge on any atom is 0.320 e. The number of aliphatic carboxylic acids is 1. The number of hydrogen-bond donors (Lipinski definition) is 1. The lowest BCUT2D eigenvalue weighted by Crippen LogP contribution is -2.40. The molecule has 0 fully saturated rings. The molecule has 17 heavy (non-hydrogen) atoms. The Bertz CT molecular complexity index is 321. The van der Waals surface area contributed by atoms with E-state index in [-0.39, 0.29) is 0 Å². The molecule has 4 heteroatoms. The molecule has 0 amide bonds. The van der Waals surface area contributed by atoms with Gasteiger partial charge in [0.2, 0.25) is 0 Å². The van der Waals surface area contributed by atoms with Crippen molar-refractivity contribution >= 4 is 5.97 Å². The number of carboxylic acid groups (broad SMARTS) is 1. The standard InChI is InChI=1S/C13H21NO3/c1-3-5-8-12(13(15)16)14(4-2)10-11-7-6-9-17-11/h6-7,9,12H,3-5,8,10H2,1-2H3,(H,15,16). The minimum absolute atomic E-state index is 0.412. The van der Waals surface area contributed by atoms with E-state index in [1.54, 1.807) is 6.26 Å². The average molecular weight is 239 g/mol. The topological polar surface area (TPSA) is 53.7 Å². The van der Waals surface area contributed by atoms with Crippen LogP contribution >= 0.6 is 0 Å². The van der Waals surface area contributed by atoms with E-state index in [2.05, 4.69) is 6.92 Å². The summed E-state index contributed by atoms with van der Waals surface area (Å²) in [6.07, 6.45) is 4.26. The molecule has 0 aliphatic heterocycles. The average Bonchev–Trinajstić information content (AvgIpc) is 2.80. The summed E-state index contributed by atoms with van der Waals surface area (Å²) in [5, 5.41) is 9.26. The Morgan fingerprint density at radius 1 is 1.53 bits per heavy atom. The van der Waals surface area contributed by atoms with E-state index in [1.165, 1.54) is 0 Å². The van der Waals surface area contributed by atoms with E-state index in [0.29, 0.717) is 19.5 Å². The fourth-order valence-electron chi connectivity index (χ4n) is 1.90. The molecular formula is C13H21NO3. The Labute approximate surface area is 102 Å². The molecule has 1 rings (SSSR count). The second-order valence-corrected chi connectivity index (χ2v) is 4.14. The van der Waals surface area contributed by atoms with Crippen molar-refractivity contribution < 1.29 is 14.3 Å². The first kappa shape index (κ1) is 13.8. The van der Waals surface area contributed by atoms with Crippen LogP contribution in [0.15, 0.2) is 22.8 Å². The zero-order chi connectivity index (χ0) is 12.7. The highest BCUT2D eigenvalue weighted by Crippen LogP contribution is 2.14. The summed E-state index contributed by atoms with van der Waals surface area (Å²) in [7, 11) is 0. The van der Waals surface area contributed by atoms with Crippen molar-refractivity contribution in [3.63, 3.8) is 0 Å².